The summed E-state index contributed by atoms with van der Waals surface area (Å²) < 4.78 is 0.423. The molecule has 2 aromatic rings. The van der Waals surface area contributed by atoms with Crippen LogP contribution in [0.5, 0.6) is 0 Å². The van der Waals surface area contributed by atoms with Crippen LogP contribution in [-0.2, 0) is 0 Å². The average molecular weight is 293 g/mol. The minimum absolute atomic E-state index is 0.184. The molecule has 98 valence electrons. The normalized spacial score (nSPS) is 11.9. The van der Waals surface area contributed by atoms with Crippen molar-refractivity contribution in [3.05, 3.63) is 63.4 Å². The Hall–Kier alpha value is -1.65. The first kappa shape index (κ1) is 13.8. The first-order valence-corrected chi connectivity index (χ1v) is 6.61. The van der Waals surface area contributed by atoms with E-state index in [4.69, 9.17) is 23.8 Å². The molecule has 0 aliphatic carbocycles. The highest BCUT2D eigenvalue weighted by Crippen LogP contribution is 2.22. The summed E-state index contributed by atoms with van der Waals surface area (Å²) in [6.45, 7) is 1.88. The van der Waals surface area contributed by atoms with Gasteiger partial charge in [0.25, 0.3) is 5.91 Å². The fourth-order valence-electron chi connectivity index (χ4n) is 1.78. The first-order valence-electron chi connectivity index (χ1n) is 5.82. The summed E-state index contributed by atoms with van der Waals surface area (Å²) >= 11 is 11.2. The van der Waals surface area contributed by atoms with Crippen LogP contribution in [0.1, 0.15) is 28.9 Å². The zero-order chi connectivity index (χ0) is 13.8. The molecule has 1 atom stereocenters. The van der Waals surface area contributed by atoms with Gasteiger partial charge in [-0.3, -0.25) is 4.79 Å². The van der Waals surface area contributed by atoms with Crippen LogP contribution in [0.15, 0.2) is 42.6 Å². The number of pyridine rings is 1. The molecule has 0 saturated heterocycles. The van der Waals surface area contributed by atoms with E-state index in [0.29, 0.717) is 15.2 Å². The molecule has 0 fully saturated rings. The molecule has 2 N–H and O–H groups in total. The van der Waals surface area contributed by atoms with Gasteiger partial charge >= 0.3 is 0 Å². The van der Waals surface area contributed by atoms with E-state index in [1.54, 1.807) is 24.4 Å². The summed E-state index contributed by atoms with van der Waals surface area (Å²) in [4.78, 5) is 15.0. The van der Waals surface area contributed by atoms with Crippen molar-refractivity contribution in [2.24, 2.45) is 0 Å². The molecule has 19 heavy (non-hydrogen) atoms. The maximum Gasteiger partial charge on any atom is 0.254 e. The van der Waals surface area contributed by atoms with Crippen LogP contribution in [0, 0.1) is 4.64 Å². The van der Waals surface area contributed by atoms with E-state index < -0.39 is 0 Å². The standard InChI is InChI=1S/C14H13ClN2OS/c1-9(10-5-2-3-7-12(10)15)17-13(18)11-6-4-8-16-14(11)19/h2-9H,1H3,(H,16,19)(H,17,18). The minimum Gasteiger partial charge on any atom is -0.352 e. The van der Waals surface area contributed by atoms with E-state index in [1.807, 2.05) is 25.1 Å². The lowest BCUT2D eigenvalue weighted by atomic mass is 10.1. The van der Waals surface area contributed by atoms with Crippen molar-refractivity contribution in [2.45, 2.75) is 13.0 Å². The molecular weight excluding hydrogens is 280 g/mol. The number of amides is 1. The van der Waals surface area contributed by atoms with E-state index in [1.165, 1.54) is 0 Å². The van der Waals surface area contributed by atoms with Gasteiger partial charge in [-0.2, -0.15) is 0 Å². The van der Waals surface area contributed by atoms with Crippen LogP contribution in [0.25, 0.3) is 0 Å². The van der Waals surface area contributed by atoms with Gasteiger partial charge in [-0.1, -0.05) is 42.0 Å². The minimum atomic E-state index is -0.214. The summed E-state index contributed by atoms with van der Waals surface area (Å²) in [6, 6.07) is 10.7. The van der Waals surface area contributed by atoms with Gasteiger partial charge in [-0.25, -0.2) is 0 Å². The maximum atomic E-state index is 12.1. The number of halogens is 1. The summed E-state index contributed by atoms with van der Waals surface area (Å²) in [7, 11) is 0. The Labute approximate surface area is 121 Å². The van der Waals surface area contributed by atoms with Gasteiger partial charge in [0.05, 0.1) is 11.6 Å². The monoisotopic (exact) mass is 292 g/mol. The Balaban J connectivity index is 2.18. The van der Waals surface area contributed by atoms with Crippen LogP contribution in [0.2, 0.25) is 5.02 Å². The number of aromatic nitrogens is 1. The van der Waals surface area contributed by atoms with Crippen LogP contribution < -0.4 is 5.32 Å². The SMILES string of the molecule is CC(NC(=O)c1ccc[nH]c1=S)c1ccccc1Cl. The predicted octanol–water partition coefficient (Wildman–Crippen LogP) is 3.89. The lowest BCUT2D eigenvalue weighted by Crippen LogP contribution is -2.27. The highest BCUT2D eigenvalue weighted by molar-refractivity contribution is 7.71. The number of hydrogen-bond donors (Lipinski definition) is 2. The van der Waals surface area contributed by atoms with Gasteiger partial charge in [-0.15, -0.1) is 0 Å². The van der Waals surface area contributed by atoms with Crippen LogP contribution in [0.3, 0.4) is 0 Å². The average Bonchev–Trinajstić information content (AvgIpc) is 2.39. The molecule has 1 unspecified atom stereocenters. The third kappa shape index (κ3) is 3.22. The zero-order valence-corrected chi connectivity index (χ0v) is 11.9. The van der Waals surface area contributed by atoms with Gasteiger partial charge in [0.15, 0.2) is 0 Å². The molecule has 3 nitrogen and oxygen atoms in total. The number of carbonyl (C=O) groups excluding carboxylic acids is 1. The second-order valence-corrected chi connectivity index (χ2v) is 4.95. The van der Waals surface area contributed by atoms with E-state index in [0.717, 1.165) is 5.56 Å². The third-order valence-corrected chi connectivity index (χ3v) is 3.46. The van der Waals surface area contributed by atoms with Crippen molar-refractivity contribution in [2.75, 3.05) is 0 Å². The predicted molar refractivity (Wildman–Crippen MR) is 79.0 cm³/mol. The lowest BCUT2D eigenvalue weighted by molar-refractivity contribution is 0.0939. The van der Waals surface area contributed by atoms with Crippen LogP contribution in [-0.4, -0.2) is 10.9 Å². The molecule has 5 heteroatoms. The Bertz CT molecular complexity index is 654. The Morgan fingerprint density at radius 2 is 2.05 bits per heavy atom. The number of hydrogen-bond acceptors (Lipinski definition) is 2. The van der Waals surface area contributed by atoms with E-state index in [9.17, 15) is 4.79 Å². The molecule has 0 aliphatic rings. The largest absolute Gasteiger partial charge is 0.352 e. The van der Waals surface area contributed by atoms with Crippen LogP contribution in [0.4, 0.5) is 0 Å². The molecule has 0 radical (unpaired) electrons. The van der Waals surface area contributed by atoms with Gasteiger partial charge in [0.2, 0.25) is 0 Å². The summed E-state index contributed by atoms with van der Waals surface area (Å²) in [6.07, 6.45) is 1.69. The van der Waals surface area contributed by atoms with Crippen molar-refractivity contribution in [3.8, 4) is 0 Å². The molecule has 1 aromatic carbocycles. The third-order valence-electron chi connectivity index (χ3n) is 2.78. The summed E-state index contributed by atoms with van der Waals surface area (Å²) in [5, 5.41) is 3.52. The number of rotatable bonds is 3. The van der Waals surface area contributed by atoms with E-state index in [-0.39, 0.29) is 11.9 Å². The lowest BCUT2D eigenvalue weighted by Gasteiger charge is -2.15. The highest BCUT2D eigenvalue weighted by atomic mass is 35.5. The smallest absolute Gasteiger partial charge is 0.254 e. The van der Waals surface area contributed by atoms with Gasteiger partial charge in [-0.05, 0) is 30.7 Å². The van der Waals surface area contributed by atoms with Gasteiger partial charge in [0, 0.05) is 11.2 Å². The molecule has 0 aliphatic heterocycles. The molecule has 1 amide bonds. The second-order valence-electron chi connectivity index (χ2n) is 4.13. The Kier molecular flexibility index (Phi) is 4.35. The van der Waals surface area contributed by atoms with Gasteiger partial charge in [0.1, 0.15) is 4.64 Å². The molecular formula is C14H13ClN2OS. The number of nitrogens with one attached hydrogen (secondary N) is 2. The fraction of sp³-hybridized carbons (Fsp3) is 0.143. The number of benzene rings is 1. The Morgan fingerprint density at radius 1 is 1.32 bits per heavy atom. The summed E-state index contributed by atoms with van der Waals surface area (Å²) in [5.41, 5.74) is 1.33. The first-order chi connectivity index (χ1) is 9.09. The molecule has 1 aromatic heterocycles. The topological polar surface area (TPSA) is 44.9 Å². The van der Waals surface area contributed by atoms with Crippen molar-refractivity contribution in [3.63, 3.8) is 0 Å². The number of aromatic amines is 1. The molecule has 1 heterocycles. The summed E-state index contributed by atoms with van der Waals surface area (Å²) in [5.74, 6) is -0.214. The molecule has 0 spiro atoms. The number of carbonyl (C=O) groups is 1. The second kappa shape index (κ2) is 5.99. The quantitative estimate of drug-likeness (QED) is 0.843. The van der Waals surface area contributed by atoms with Crippen molar-refractivity contribution in [1.82, 2.24) is 10.3 Å². The molecule has 0 bridgehead atoms. The highest BCUT2D eigenvalue weighted by Gasteiger charge is 2.14. The molecule has 0 saturated carbocycles. The maximum absolute atomic E-state index is 12.1. The number of H-pyrrole nitrogens is 1. The Morgan fingerprint density at radius 3 is 2.74 bits per heavy atom. The van der Waals surface area contributed by atoms with Crippen molar-refractivity contribution >= 4 is 29.7 Å². The zero-order valence-electron chi connectivity index (χ0n) is 10.3. The van der Waals surface area contributed by atoms with Crippen LogP contribution >= 0.6 is 23.8 Å². The molecule has 2 rings (SSSR count). The van der Waals surface area contributed by atoms with E-state index in [2.05, 4.69) is 10.3 Å². The van der Waals surface area contributed by atoms with E-state index >= 15 is 0 Å². The van der Waals surface area contributed by atoms with Gasteiger partial charge < -0.3 is 10.3 Å². The fourth-order valence-corrected chi connectivity index (χ4v) is 2.31. The van der Waals surface area contributed by atoms with Crippen molar-refractivity contribution in [1.29, 1.82) is 0 Å². The van der Waals surface area contributed by atoms with Crippen molar-refractivity contribution < 1.29 is 4.79 Å².